The fourth-order valence-corrected chi connectivity index (χ4v) is 9.84. The van der Waals surface area contributed by atoms with Crippen molar-refractivity contribution in [2.75, 3.05) is 13.2 Å². The summed E-state index contributed by atoms with van der Waals surface area (Å²) in [6, 6.07) is 4.04. The van der Waals surface area contributed by atoms with Crippen molar-refractivity contribution < 1.29 is 19.1 Å². The van der Waals surface area contributed by atoms with E-state index < -0.39 is 5.97 Å². The third-order valence-corrected chi connectivity index (χ3v) is 10.4. The highest BCUT2D eigenvalue weighted by Gasteiger charge is 2.69. The van der Waals surface area contributed by atoms with Gasteiger partial charge in [-0.3, -0.25) is 24.3 Å². The van der Waals surface area contributed by atoms with Crippen molar-refractivity contribution in [2.24, 2.45) is 29.6 Å². The summed E-state index contributed by atoms with van der Waals surface area (Å²) in [7, 11) is 0. The van der Waals surface area contributed by atoms with E-state index in [2.05, 4.69) is 16.0 Å². The number of esters is 1. The van der Waals surface area contributed by atoms with Crippen LogP contribution in [0, 0.1) is 33.5 Å². The Hall–Kier alpha value is -2.04. The van der Waals surface area contributed by atoms with Crippen molar-refractivity contribution in [3.63, 3.8) is 0 Å². The average Bonchev–Trinajstić information content (AvgIpc) is 3.50. The largest absolute Gasteiger partial charge is 0.465 e. The molecular weight excluding hydrogens is 466 g/mol. The number of amides is 2. The summed E-state index contributed by atoms with van der Waals surface area (Å²) in [6.07, 6.45) is 4.54. The third-order valence-electron chi connectivity index (χ3n) is 7.45. The lowest BCUT2D eigenvalue weighted by Gasteiger charge is -2.42. The number of hydrogen-bond donors (Lipinski definition) is 1. The molecule has 1 N–H and O–H groups in total. The number of aromatic nitrogens is 2. The minimum atomic E-state index is -0.531. The van der Waals surface area contributed by atoms with Crippen LogP contribution in [-0.4, -0.2) is 51.1 Å². The Balaban J connectivity index is 1.39. The van der Waals surface area contributed by atoms with Gasteiger partial charge in [0.2, 0.25) is 11.8 Å². The van der Waals surface area contributed by atoms with Crippen molar-refractivity contribution in [3.8, 4) is 0 Å². The Morgan fingerprint density at radius 3 is 2.81 bits per heavy atom. The van der Waals surface area contributed by atoms with Gasteiger partial charge in [0.1, 0.15) is 6.54 Å². The lowest BCUT2D eigenvalue weighted by molar-refractivity contribution is -0.153. The smallest absolute Gasteiger partial charge is 0.326 e. The van der Waals surface area contributed by atoms with Gasteiger partial charge in [0.25, 0.3) is 0 Å². The molecule has 0 aromatic carbocycles. The van der Waals surface area contributed by atoms with E-state index in [1.165, 1.54) is 4.88 Å². The topological polar surface area (TPSA) is 92.4 Å². The molecule has 2 saturated carbocycles. The zero-order valence-corrected chi connectivity index (χ0v) is 19.7. The van der Waals surface area contributed by atoms with E-state index in [9.17, 15) is 14.4 Å². The second kappa shape index (κ2) is 7.50. The van der Waals surface area contributed by atoms with Crippen LogP contribution in [-0.2, 0) is 19.1 Å². The maximum atomic E-state index is 13.4. The molecule has 32 heavy (non-hydrogen) atoms. The second-order valence-corrected chi connectivity index (χ2v) is 11.7. The molecule has 7 atom stereocenters. The lowest BCUT2D eigenvalue weighted by atomic mass is 9.68. The maximum Gasteiger partial charge on any atom is 0.326 e. The van der Waals surface area contributed by atoms with Gasteiger partial charge in [-0.15, -0.1) is 23.1 Å². The first-order chi connectivity index (χ1) is 15.5. The number of nitrogens with one attached hydrogen (secondary N) is 1. The number of imide groups is 1. The normalized spacial score (nSPS) is 34.4. The van der Waals surface area contributed by atoms with Crippen molar-refractivity contribution >= 4 is 53.1 Å². The van der Waals surface area contributed by atoms with Gasteiger partial charge in [0.15, 0.2) is 3.95 Å². The molecule has 1 saturated heterocycles. The minimum Gasteiger partial charge on any atom is -0.465 e. The number of H-pyrrole nitrogens is 1. The number of ether oxygens (including phenoxy) is 1. The van der Waals surface area contributed by atoms with E-state index in [-0.39, 0.29) is 65.7 Å². The zero-order chi connectivity index (χ0) is 22.1. The molecule has 7 unspecified atom stereocenters. The summed E-state index contributed by atoms with van der Waals surface area (Å²) in [5.74, 6) is -1.10. The van der Waals surface area contributed by atoms with Gasteiger partial charge in [0.05, 0.1) is 23.5 Å². The molecule has 2 aromatic rings. The molecule has 2 aromatic heterocycles. The number of aromatic amines is 1. The maximum absolute atomic E-state index is 13.4. The van der Waals surface area contributed by atoms with Crippen molar-refractivity contribution in [1.82, 2.24) is 14.9 Å². The Morgan fingerprint density at radius 1 is 1.31 bits per heavy atom. The molecule has 6 rings (SSSR count). The van der Waals surface area contributed by atoms with Crippen molar-refractivity contribution in [1.29, 1.82) is 0 Å². The van der Waals surface area contributed by atoms with E-state index in [4.69, 9.17) is 17.0 Å². The lowest BCUT2D eigenvalue weighted by Crippen LogP contribution is -2.42. The molecule has 4 aliphatic rings. The Bertz CT molecular complexity index is 1180. The molecule has 2 amide bonds. The van der Waals surface area contributed by atoms with E-state index >= 15 is 0 Å². The zero-order valence-electron chi connectivity index (χ0n) is 17.2. The van der Waals surface area contributed by atoms with Crippen LogP contribution in [0.1, 0.15) is 29.7 Å². The fourth-order valence-electron chi connectivity index (χ4n) is 6.50. The molecule has 4 heterocycles. The molecule has 10 heteroatoms. The first kappa shape index (κ1) is 20.6. The molecule has 2 aliphatic heterocycles. The molecule has 7 nitrogen and oxygen atoms in total. The van der Waals surface area contributed by atoms with Crippen LogP contribution in [0.15, 0.2) is 29.6 Å². The molecule has 2 bridgehead atoms. The van der Waals surface area contributed by atoms with Crippen LogP contribution in [0.2, 0.25) is 0 Å². The number of carbonyl (C=O) groups excluding carboxylic acids is 3. The van der Waals surface area contributed by atoms with Gasteiger partial charge in [-0.2, -0.15) is 0 Å². The number of pyridine rings is 1. The van der Waals surface area contributed by atoms with E-state index in [1.54, 1.807) is 36.2 Å². The molecule has 3 fully saturated rings. The van der Waals surface area contributed by atoms with Gasteiger partial charge < -0.3 is 9.72 Å². The number of likely N-dealkylation sites (tertiary alicyclic amines) is 1. The van der Waals surface area contributed by atoms with Crippen LogP contribution in [0.3, 0.4) is 0 Å². The first-order valence-corrected chi connectivity index (χ1v) is 12.9. The van der Waals surface area contributed by atoms with Crippen LogP contribution in [0.5, 0.6) is 0 Å². The summed E-state index contributed by atoms with van der Waals surface area (Å²) in [5.41, 5.74) is 1.12. The second-order valence-electron chi connectivity index (χ2n) is 8.81. The average molecular weight is 488 g/mol. The fraction of sp³-hybridized carbons (Fsp3) is 0.500. The van der Waals surface area contributed by atoms with Crippen molar-refractivity contribution in [3.05, 3.63) is 38.9 Å². The third kappa shape index (κ3) is 2.82. The van der Waals surface area contributed by atoms with E-state index in [0.717, 1.165) is 25.9 Å². The summed E-state index contributed by atoms with van der Waals surface area (Å²) in [6.45, 7) is 1.66. The summed E-state index contributed by atoms with van der Waals surface area (Å²) in [4.78, 5) is 48.7. The van der Waals surface area contributed by atoms with E-state index in [0.29, 0.717) is 0 Å². The number of thiazole rings is 1. The van der Waals surface area contributed by atoms with Crippen LogP contribution < -0.4 is 0 Å². The Labute approximate surface area is 197 Å². The Kier molecular flexibility index (Phi) is 4.82. The quantitative estimate of drug-likeness (QED) is 0.402. The number of carbonyl (C=O) groups is 3. The van der Waals surface area contributed by atoms with Gasteiger partial charge in [-0.1, -0.05) is 6.07 Å². The highest BCUT2D eigenvalue weighted by atomic mass is 32.2. The Morgan fingerprint density at radius 2 is 2.09 bits per heavy atom. The molecule has 166 valence electrons. The van der Waals surface area contributed by atoms with Gasteiger partial charge in [0, 0.05) is 28.4 Å². The highest BCUT2D eigenvalue weighted by molar-refractivity contribution is 8.00. The standard InChI is InChI=1S/C22H21N3O4S3/c1-2-29-12(26)8-25-20(27)15-10-6-11(16(15)21(25)28)17-14(10)13(9-4-3-5-23-7-9)18-19(31-17)24-22(30)32-18/h3-5,7,10-11,13-17H,2,6,8H2,1H3,(H,24,30). The minimum absolute atomic E-state index is 0.0974. The molecule has 2 aliphatic carbocycles. The number of thioether (sulfide) groups is 1. The molecular formula is C22H21N3O4S3. The first-order valence-electron chi connectivity index (χ1n) is 10.8. The number of fused-ring (bicyclic) bond motifs is 9. The van der Waals surface area contributed by atoms with Crippen LogP contribution >= 0.6 is 35.3 Å². The van der Waals surface area contributed by atoms with Crippen molar-refractivity contribution in [2.45, 2.75) is 29.5 Å². The molecule has 0 spiro atoms. The predicted molar refractivity (Wildman–Crippen MR) is 121 cm³/mol. The van der Waals surface area contributed by atoms with Crippen LogP contribution in [0.4, 0.5) is 0 Å². The van der Waals surface area contributed by atoms with Gasteiger partial charge in [-0.25, -0.2) is 0 Å². The van der Waals surface area contributed by atoms with Gasteiger partial charge in [-0.05, 0) is 54.9 Å². The summed E-state index contributed by atoms with van der Waals surface area (Å²) in [5, 5.41) is 1.30. The van der Waals surface area contributed by atoms with Gasteiger partial charge >= 0.3 is 5.97 Å². The monoisotopic (exact) mass is 487 g/mol. The molecule has 0 radical (unpaired) electrons. The SMILES string of the molecule is CCOC(=O)CN1C(=O)C2C3CC(C2C1=O)C1C(c2cccnc2)c2sc(=S)[nH]c2SC31. The number of rotatable bonds is 4. The highest BCUT2D eigenvalue weighted by Crippen LogP contribution is 2.68. The number of nitrogens with zero attached hydrogens (tertiary/aromatic N) is 2. The predicted octanol–water partition coefficient (Wildman–Crippen LogP) is 3.24. The summed E-state index contributed by atoms with van der Waals surface area (Å²) >= 11 is 8.84. The van der Waals surface area contributed by atoms with E-state index in [1.807, 2.05) is 12.3 Å². The number of hydrogen-bond acceptors (Lipinski definition) is 8. The van der Waals surface area contributed by atoms with Crippen LogP contribution in [0.25, 0.3) is 0 Å². The summed E-state index contributed by atoms with van der Waals surface area (Å²) < 4.78 is 5.74.